The number of likely N-dealkylation sites (N-methyl/N-ethyl adjacent to an activating group) is 1. The molecule has 0 saturated carbocycles. The SMILES string of the molecule is CNC(CN1CCCCCCC1)c1cc(C)ccc1OC. The number of methoxy groups -OCH3 is 1. The maximum Gasteiger partial charge on any atom is 0.123 e. The highest BCUT2D eigenvalue weighted by molar-refractivity contribution is 5.39. The van der Waals surface area contributed by atoms with Gasteiger partial charge in [0.25, 0.3) is 0 Å². The number of hydrogen-bond acceptors (Lipinski definition) is 3. The molecular weight excluding hydrogens is 260 g/mol. The fraction of sp³-hybridized carbons (Fsp3) is 0.667. The third-order valence-electron chi connectivity index (χ3n) is 4.50. The third kappa shape index (κ3) is 4.72. The van der Waals surface area contributed by atoms with Crippen LogP contribution in [0.4, 0.5) is 0 Å². The lowest BCUT2D eigenvalue weighted by Gasteiger charge is -2.29. The van der Waals surface area contributed by atoms with E-state index in [9.17, 15) is 0 Å². The largest absolute Gasteiger partial charge is 0.496 e. The summed E-state index contributed by atoms with van der Waals surface area (Å²) in [6, 6.07) is 6.79. The van der Waals surface area contributed by atoms with Crippen LogP contribution < -0.4 is 10.1 Å². The summed E-state index contributed by atoms with van der Waals surface area (Å²) in [5.74, 6) is 0.993. The number of hydrogen-bond donors (Lipinski definition) is 1. The summed E-state index contributed by atoms with van der Waals surface area (Å²) in [7, 11) is 3.81. The van der Waals surface area contributed by atoms with Crippen molar-refractivity contribution in [3.8, 4) is 5.75 Å². The minimum absolute atomic E-state index is 0.333. The van der Waals surface area contributed by atoms with Gasteiger partial charge in [-0.2, -0.15) is 0 Å². The standard InChI is InChI=1S/C18H30N2O/c1-15-9-10-18(21-3)16(13-15)17(19-2)14-20-11-7-5-4-6-8-12-20/h9-10,13,17,19H,4-8,11-12,14H2,1-3H3. The summed E-state index contributed by atoms with van der Waals surface area (Å²) in [6.45, 7) is 5.67. The number of likely N-dealkylation sites (tertiary alicyclic amines) is 1. The molecule has 1 atom stereocenters. The van der Waals surface area contributed by atoms with Gasteiger partial charge < -0.3 is 15.0 Å². The van der Waals surface area contributed by atoms with Gasteiger partial charge in [0.2, 0.25) is 0 Å². The molecule has 1 aliphatic heterocycles. The Labute approximate surface area is 129 Å². The maximum absolute atomic E-state index is 5.56. The van der Waals surface area contributed by atoms with E-state index in [1.165, 1.54) is 56.3 Å². The molecule has 0 aliphatic carbocycles. The molecule has 3 heteroatoms. The van der Waals surface area contributed by atoms with E-state index in [0.717, 1.165) is 12.3 Å². The minimum Gasteiger partial charge on any atom is -0.496 e. The lowest BCUT2D eigenvalue weighted by atomic mass is 10.0. The molecule has 0 bridgehead atoms. The van der Waals surface area contributed by atoms with Crippen molar-refractivity contribution >= 4 is 0 Å². The highest BCUT2D eigenvalue weighted by Crippen LogP contribution is 2.27. The van der Waals surface area contributed by atoms with E-state index < -0.39 is 0 Å². The third-order valence-corrected chi connectivity index (χ3v) is 4.50. The minimum atomic E-state index is 0.333. The Kier molecular flexibility index (Phi) is 6.52. The molecule has 0 amide bonds. The van der Waals surface area contributed by atoms with E-state index in [2.05, 4.69) is 42.4 Å². The van der Waals surface area contributed by atoms with E-state index in [0.29, 0.717) is 6.04 Å². The normalized spacial score (nSPS) is 18.8. The number of nitrogens with one attached hydrogen (secondary N) is 1. The first kappa shape index (κ1) is 16.3. The number of benzene rings is 1. The van der Waals surface area contributed by atoms with Gasteiger partial charge in [-0.05, 0) is 46.0 Å². The quantitative estimate of drug-likeness (QED) is 0.898. The molecule has 0 radical (unpaired) electrons. The Hall–Kier alpha value is -1.06. The summed E-state index contributed by atoms with van der Waals surface area (Å²) in [6.07, 6.45) is 6.85. The van der Waals surface area contributed by atoms with Crippen LogP contribution in [-0.4, -0.2) is 38.7 Å². The molecular formula is C18H30N2O. The van der Waals surface area contributed by atoms with E-state index >= 15 is 0 Å². The van der Waals surface area contributed by atoms with Crippen LogP contribution in [0.5, 0.6) is 5.75 Å². The van der Waals surface area contributed by atoms with Crippen molar-refractivity contribution in [1.82, 2.24) is 10.2 Å². The lowest BCUT2D eigenvalue weighted by Crippen LogP contribution is -2.36. The van der Waals surface area contributed by atoms with Crippen molar-refractivity contribution < 1.29 is 4.74 Å². The average Bonchev–Trinajstić information content (AvgIpc) is 2.46. The second-order valence-corrected chi connectivity index (χ2v) is 6.16. The van der Waals surface area contributed by atoms with E-state index in [1.54, 1.807) is 7.11 Å². The van der Waals surface area contributed by atoms with Crippen LogP contribution in [0.3, 0.4) is 0 Å². The van der Waals surface area contributed by atoms with Gasteiger partial charge in [-0.15, -0.1) is 0 Å². The summed E-state index contributed by atoms with van der Waals surface area (Å²) in [4.78, 5) is 2.61. The summed E-state index contributed by atoms with van der Waals surface area (Å²) >= 11 is 0. The van der Waals surface area contributed by atoms with Gasteiger partial charge >= 0.3 is 0 Å². The molecule has 1 aliphatic rings. The highest BCUT2D eigenvalue weighted by Gasteiger charge is 2.18. The Bertz CT molecular complexity index is 425. The van der Waals surface area contributed by atoms with E-state index in [4.69, 9.17) is 4.74 Å². The van der Waals surface area contributed by atoms with Crippen molar-refractivity contribution in [2.45, 2.75) is 45.1 Å². The second-order valence-electron chi connectivity index (χ2n) is 6.16. The second kappa shape index (κ2) is 8.40. The topological polar surface area (TPSA) is 24.5 Å². The first-order valence-electron chi connectivity index (χ1n) is 8.28. The van der Waals surface area contributed by atoms with Crippen molar-refractivity contribution in [1.29, 1.82) is 0 Å². The average molecular weight is 290 g/mol. The lowest BCUT2D eigenvalue weighted by molar-refractivity contribution is 0.223. The number of nitrogens with zero attached hydrogens (tertiary/aromatic N) is 1. The molecule has 0 spiro atoms. The molecule has 3 nitrogen and oxygen atoms in total. The predicted octanol–water partition coefficient (Wildman–Crippen LogP) is 3.53. The highest BCUT2D eigenvalue weighted by atomic mass is 16.5. The molecule has 2 rings (SSSR count). The molecule has 118 valence electrons. The Morgan fingerprint density at radius 3 is 2.43 bits per heavy atom. The molecule has 1 heterocycles. The van der Waals surface area contributed by atoms with Gasteiger partial charge in [0.1, 0.15) is 5.75 Å². The zero-order chi connectivity index (χ0) is 15.1. The zero-order valence-electron chi connectivity index (χ0n) is 13.8. The van der Waals surface area contributed by atoms with Crippen molar-refractivity contribution in [3.05, 3.63) is 29.3 Å². The first-order valence-corrected chi connectivity index (χ1v) is 8.28. The number of rotatable bonds is 5. The predicted molar refractivity (Wildman–Crippen MR) is 89.1 cm³/mol. The van der Waals surface area contributed by atoms with Crippen LogP contribution in [0.1, 0.15) is 49.3 Å². The summed E-state index contributed by atoms with van der Waals surface area (Å²) < 4.78 is 5.56. The first-order chi connectivity index (χ1) is 10.2. The molecule has 1 aromatic rings. The number of ether oxygens (including phenoxy) is 1. The Balaban J connectivity index is 2.09. The molecule has 1 N–H and O–H groups in total. The smallest absolute Gasteiger partial charge is 0.123 e. The van der Waals surface area contributed by atoms with Gasteiger partial charge in [-0.25, -0.2) is 0 Å². The zero-order valence-corrected chi connectivity index (χ0v) is 13.8. The van der Waals surface area contributed by atoms with Crippen LogP contribution in [0.15, 0.2) is 18.2 Å². The van der Waals surface area contributed by atoms with Gasteiger partial charge in [0.05, 0.1) is 7.11 Å². The van der Waals surface area contributed by atoms with Crippen LogP contribution in [0, 0.1) is 6.92 Å². The van der Waals surface area contributed by atoms with Crippen molar-refractivity contribution in [2.24, 2.45) is 0 Å². The van der Waals surface area contributed by atoms with Crippen molar-refractivity contribution in [2.75, 3.05) is 33.8 Å². The Morgan fingerprint density at radius 1 is 1.14 bits per heavy atom. The Morgan fingerprint density at radius 2 is 1.81 bits per heavy atom. The summed E-state index contributed by atoms with van der Waals surface area (Å²) in [5.41, 5.74) is 2.57. The molecule has 21 heavy (non-hydrogen) atoms. The van der Waals surface area contributed by atoms with Gasteiger partial charge in [-0.1, -0.05) is 37.0 Å². The molecule has 1 unspecified atom stereocenters. The van der Waals surface area contributed by atoms with Crippen LogP contribution in [0.2, 0.25) is 0 Å². The van der Waals surface area contributed by atoms with E-state index in [1.807, 2.05) is 0 Å². The fourth-order valence-corrected chi connectivity index (χ4v) is 3.22. The van der Waals surface area contributed by atoms with Crippen LogP contribution in [0.25, 0.3) is 0 Å². The van der Waals surface area contributed by atoms with Gasteiger partial charge in [0.15, 0.2) is 0 Å². The van der Waals surface area contributed by atoms with E-state index in [-0.39, 0.29) is 0 Å². The van der Waals surface area contributed by atoms with Gasteiger partial charge in [0, 0.05) is 18.2 Å². The number of aryl methyl sites for hydroxylation is 1. The molecule has 1 fully saturated rings. The summed E-state index contributed by atoms with van der Waals surface area (Å²) in [5, 5.41) is 3.48. The van der Waals surface area contributed by atoms with Crippen molar-refractivity contribution in [3.63, 3.8) is 0 Å². The molecule has 0 aromatic heterocycles. The fourth-order valence-electron chi connectivity index (χ4n) is 3.22. The monoisotopic (exact) mass is 290 g/mol. The molecule has 1 aromatic carbocycles. The molecule has 1 saturated heterocycles. The maximum atomic E-state index is 5.56. The van der Waals surface area contributed by atoms with Crippen LogP contribution >= 0.6 is 0 Å². The van der Waals surface area contributed by atoms with Gasteiger partial charge in [-0.3, -0.25) is 0 Å². The van der Waals surface area contributed by atoms with Crippen LogP contribution in [-0.2, 0) is 0 Å².